The van der Waals surface area contributed by atoms with Crippen molar-refractivity contribution in [1.82, 2.24) is 15.2 Å². The van der Waals surface area contributed by atoms with E-state index in [0.29, 0.717) is 19.6 Å². The molecule has 0 aliphatic carbocycles. The summed E-state index contributed by atoms with van der Waals surface area (Å²) in [4.78, 5) is 31.4. The minimum absolute atomic E-state index is 0.0456. The molecule has 2 amide bonds. The first kappa shape index (κ1) is 19.9. The fraction of sp³-hybridized carbons (Fsp3) is 0.409. The number of hydrogen-bond donors (Lipinski definition) is 1. The largest absolute Gasteiger partial charge is 0.497 e. The lowest BCUT2D eigenvalue weighted by Crippen LogP contribution is -2.36. The molecule has 2 heterocycles. The summed E-state index contributed by atoms with van der Waals surface area (Å²) in [5.74, 6) is 0.327. The predicted octanol–water partition coefficient (Wildman–Crippen LogP) is 2.60. The first-order valence-corrected chi connectivity index (χ1v) is 9.59. The fourth-order valence-corrected chi connectivity index (χ4v) is 3.65. The summed E-state index contributed by atoms with van der Waals surface area (Å²) in [7, 11) is 1.63. The van der Waals surface area contributed by atoms with E-state index in [1.807, 2.05) is 55.1 Å². The van der Waals surface area contributed by atoms with E-state index in [1.54, 1.807) is 19.5 Å². The van der Waals surface area contributed by atoms with Gasteiger partial charge in [0, 0.05) is 43.9 Å². The molecule has 1 aromatic carbocycles. The number of nitrogens with one attached hydrogen (secondary N) is 1. The van der Waals surface area contributed by atoms with Gasteiger partial charge in [0.2, 0.25) is 11.8 Å². The number of aromatic nitrogens is 1. The van der Waals surface area contributed by atoms with Crippen LogP contribution in [-0.4, -0.2) is 41.9 Å². The third kappa shape index (κ3) is 4.50. The van der Waals surface area contributed by atoms with Crippen LogP contribution in [-0.2, 0) is 16.1 Å². The Hall–Kier alpha value is -2.89. The second-order valence-electron chi connectivity index (χ2n) is 7.47. The topological polar surface area (TPSA) is 71.5 Å². The van der Waals surface area contributed by atoms with Crippen LogP contribution in [0.15, 0.2) is 48.8 Å². The number of methoxy groups -OCH3 is 1. The summed E-state index contributed by atoms with van der Waals surface area (Å²) >= 11 is 0. The summed E-state index contributed by atoms with van der Waals surface area (Å²) in [6, 6.07) is 11.5. The number of ether oxygens (including phenoxy) is 1. The van der Waals surface area contributed by atoms with E-state index in [4.69, 9.17) is 4.74 Å². The van der Waals surface area contributed by atoms with Gasteiger partial charge in [-0.2, -0.15) is 0 Å². The molecule has 0 unspecified atom stereocenters. The molecular formula is C22H27N3O3. The molecule has 28 heavy (non-hydrogen) atoms. The van der Waals surface area contributed by atoms with Crippen LogP contribution >= 0.6 is 0 Å². The first-order valence-electron chi connectivity index (χ1n) is 9.59. The normalized spacial score (nSPS) is 18.9. The van der Waals surface area contributed by atoms with Crippen LogP contribution in [0.25, 0.3) is 0 Å². The van der Waals surface area contributed by atoms with Crippen LogP contribution in [0.2, 0.25) is 0 Å². The molecule has 6 nitrogen and oxygen atoms in total. The Morgan fingerprint density at radius 3 is 2.75 bits per heavy atom. The molecule has 0 spiro atoms. The molecule has 2 atom stereocenters. The maximum atomic E-state index is 13.0. The first-order chi connectivity index (χ1) is 13.5. The van der Waals surface area contributed by atoms with Gasteiger partial charge >= 0.3 is 0 Å². The van der Waals surface area contributed by atoms with Crippen molar-refractivity contribution in [2.45, 2.75) is 26.3 Å². The highest BCUT2D eigenvalue weighted by Gasteiger charge is 2.40. The number of amides is 2. The van der Waals surface area contributed by atoms with Gasteiger partial charge in [0.15, 0.2) is 0 Å². The van der Waals surface area contributed by atoms with Gasteiger partial charge in [0.25, 0.3) is 0 Å². The third-order valence-corrected chi connectivity index (χ3v) is 5.17. The molecule has 3 rings (SSSR count). The molecule has 1 N–H and O–H groups in total. The van der Waals surface area contributed by atoms with E-state index in [1.165, 1.54) is 0 Å². The van der Waals surface area contributed by atoms with Crippen LogP contribution in [0.1, 0.15) is 30.9 Å². The quantitative estimate of drug-likeness (QED) is 0.835. The van der Waals surface area contributed by atoms with Crippen molar-refractivity contribution < 1.29 is 14.3 Å². The summed E-state index contributed by atoms with van der Waals surface area (Å²) < 4.78 is 5.34. The zero-order chi connectivity index (χ0) is 20.1. The molecule has 1 aliphatic heterocycles. The van der Waals surface area contributed by atoms with Crippen molar-refractivity contribution in [3.8, 4) is 5.75 Å². The monoisotopic (exact) mass is 381 g/mol. The van der Waals surface area contributed by atoms with Gasteiger partial charge in [0.1, 0.15) is 5.75 Å². The SMILES string of the molecule is COc1cccc([C@H]2CN(C(=O)C(C)C)C[C@H]2C(=O)NCc2cccnc2)c1. The van der Waals surface area contributed by atoms with Gasteiger partial charge < -0.3 is 15.0 Å². The lowest BCUT2D eigenvalue weighted by Gasteiger charge is -2.19. The van der Waals surface area contributed by atoms with E-state index in [-0.39, 0.29) is 29.6 Å². The van der Waals surface area contributed by atoms with E-state index in [0.717, 1.165) is 16.9 Å². The highest BCUT2D eigenvalue weighted by molar-refractivity contribution is 5.84. The molecule has 148 valence electrons. The zero-order valence-electron chi connectivity index (χ0n) is 16.6. The maximum absolute atomic E-state index is 13.0. The Kier molecular flexibility index (Phi) is 6.29. The molecule has 6 heteroatoms. The standard InChI is InChI=1S/C22H27N3O3/c1-15(2)22(27)25-13-19(17-7-4-8-18(10-17)28-3)20(14-25)21(26)24-12-16-6-5-9-23-11-16/h4-11,15,19-20H,12-14H2,1-3H3,(H,24,26)/t19-,20-/m1/s1. The Bertz CT molecular complexity index is 823. The van der Waals surface area contributed by atoms with Crippen LogP contribution in [0.4, 0.5) is 0 Å². The van der Waals surface area contributed by atoms with Gasteiger partial charge in [-0.05, 0) is 29.3 Å². The smallest absolute Gasteiger partial charge is 0.225 e. The summed E-state index contributed by atoms with van der Waals surface area (Å²) in [6.07, 6.45) is 3.44. The van der Waals surface area contributed by atoms with Gasteiger partial charge in [-0.25, -0.2) is 0 Å². The molecule has 0 bridgehead atoms. The van der Waals surface area contributed by atoms with Crippen molar-refractivity contribution in [2.75, 3.05) is 20.2 Å². The van der Waals surface area contributed by atoms with E-state index < -0.39 is 0 Å². The summed E-state index contributed by atoms with van der Waals surface area (Å²) in [6.45, 7) is 5.16. The molecule has 0 saturated carbocycles. The van der Waals surface area contributed by atoms with Crippen molar-refractivity contribution in [1.29, 1.82) is 0 Å². The van der Waals surface area contributed by atoms with Gasteiger partial charge in [-0.1, -0.05) is 32.0 Å². The molecule has 2 aromatic rings. The van der Waals surface area contributed by atoms with Crippen LogP contribution in [0, 0.1) is 11.8 Å². The number of nitrogens with zero attached hydrogens (tertiary/aromatic N) is 2. The number of carbonyl (C=O) groups is 2. The summed E-state index contributed by atoms with van der Waals surface area (Å²) in [5.41, 5.74) is 1.96. The Labute approximate surface area is 165 Å². The molecule has 1 aromatic heterocycles. The molecule has 1 saturated heterocycles. The molecule has 0 radical (unpaired) electrons. The zero-order valence-corrected chi connectivity index (χ0v) is 16.6. The van der Waals surface area contributed by atoms with E-state index in [9.17, 15) is 9.59 Å². The highest BCUT2D eigenvalue weighted by Crippen LogP contribution is 2.35. The van der Waals surface area contributed by atoms with E-state index >= 15 is 0 Å². The lowest BCUT2D eigenvalue weighted by molar-refractivity contribution is -0.133. The highest BCUT2D eigenvalue weighted by atomic mass is 16.5. The summed E-state index contributed by atoms with van der Waals surface area (Å²) in [5, 5.41) is 3.01. The number of carbonyl (C=O) groups excluding carboxylic acids is 2. The van der Waals surface area contributed by atoms with Crippen molar-refractivity contribution in [2.24, 2.45) is 11.8 Å². The van der Waals surface area contributed by atoms with Crippen molar-refractivity contribution >= 4 is 11.8 Å². The van der Waals surface area contributed by atoms with Gasteiger partial charge in [-0.3, -0.25) is 14.6 Å². The molecule has 1 aliphatic rings. The van der Waals surface area contributed by atoms with Crippen LogP contribution in [0.3, 0.4) is 0 Å². The third-order valence-electron chi connectivity index (χ3n) is 5.17. The number of pyridine rings is 1. The Morgan fingerprint density at radius 1 is 1.25 bits per heavy atom. The number of rotatable bonds is 6. The predicted molar refractivity (Wildman–Crippen MR) is 107 cm³/mol. The maximum Gasteiger partial charge on any atom is 0.225 e. The second-order valence-corrected chi connectivity index (χ2v) is 7.47. The lowest BCUT2D eigenvalue weighted by atomic mass is 9.88. The minimum Gasteiger partial charge on any atom is -0.497 e. The van der Waals surface area contributed by atoms with Crippen LogP contribution in [0.5, 0.6) is 5.75 Å². The molecule has 1 fully saturated rings. The van der Waals surface area contributed by atoms with E-state index in [2.05, 4.69) is 10.3 Å². The number of benzene rings is 1. The minimum atomic E-state index is -0.300. The van der Waals surface area contributed by atoms with Crippen molar-refractivity contribution in [3.05, 3.63) is 59.9 Å². The second kappa shape index (κ2) is 8.87. The van der Waals surface area contributed by atoms with Crippen LogP contribution < -0.4 is 10.1 Å². The number of likely N-dealkylation sites (tertiary alicyclic amines) is 1. The van der Waals surface area contributed by atoms with Gasteiger partial charge in [0.05, 0.1) is 13.0 Å². The Balaban J connectivity index is 1.79. The fourth-order valence-electron chi connectivity index (χ4n) is 3.65. The number of hydrogen-bond acceptors (Lipinski definition) is 4. The van der Waals surface area contributed by atoms with Gasteiger partial charge in [-0.15, -0.1) is 0 Å². The Morgan fingerprint density at radius 2 is 2.07 bits per heavy atom. The molecular weight excluding hydrogens is 354 g/mol. The average Bonchev–Trinajstić information content (AvgIpc) is 3.17. The van der Waals surface area contributed by atoms with Crippen molar-refractivity contribution in [3.63, 3.8) is 0 Å². The average molecular weight is 381 g/mol.